The molecule has 1 rings (SSSR count). The Morgan fingerprint density at radius 2 is 1.92 bits per heavy atom. The molecule has 0 saturated heterocycles. The molecule has 0 radical (unpaired) electrons. The minimum Gasteiger partial charge on any atom is -0.400 e. The third kappa shape index (κ3) is 5.45. The molecule has 0 aliphatic heterocycles. The SMILES string of the molecule is CCCCCCC(C)(OC)/C(N)=C/C(=O)c1ccc([N+](=O)[O-])cc1. The maximum atomic E-state index is 12.3. The first-order valence-electron chi connectivity index (χ1n) is 8.15. The standard InChI is InChI=1S/C18H26N2O4/c1-4-5-6-7-12-18(2,24-3)17(19)13-16(21)14-8-10-15(11-9-14)20(22)23/h8-11,13H,4-7,12,19H2,1-3H3/b17-13-. The van der Waals surface area contributed by atoms with Crippen molar-refractivity contribution < 1.29 is 14.5 Å². The van der Waals surface area contributed by atoms with Crippen LogP contribution in [0, 0.1) is 10.1 Å². The zero-order valence-corrected chi connectivity index (χ0v) is 14.6. The van der Waals surface area contributed by atoms with Crippen LogP contribution in [0.4, 0.5) is 5.69 Å². The molecule has 0 aliphatic carbocycles. The predicted molar refractivity (Wildman–Crippen MR) is 93.9 cm³/mol. The average molecular weight is 334 g/mol. The number of nitro benzene ring substituents is 1. The number of hydrogen-bond donors (Lipinski definition) is 1. The normalized spacial score (nSPS) is 14.2. The highest BCUT2D eigenvalue weighted by molar-refractivity contribution is 6.05. The van der Waals surface area contributed by atoms with E-state index < -0.39 is 10.5 Å². The van der Waals surface area contributed by atoms with E-state index in [-0.39, 0.29) is 11.5 Å². The van der Waals surface area contributed by atoms with Crippen molar-refractivity contribution in [1.29, 1.82) is 0 Å². The van der Waals surface area contributed by atoms with E-state index in [1.165, 1.54) is 30.3 Å². The van der Waals surface area contributed by atoms with Gasteiger partial charge in [0.25, 0.3) is 5.69 Å². The second-order valence-corrected chi connectivity index (χ2v) is 6.01. The Morgan fingerprint density at radius 1 is 1.29 bits per heavy atom. The van der Waals surface area contributed by atoms with Crippen LogP contribution < -0.4 is 5.73 Å². The number of non-ortho nitro benzene ring substituents is 1. The van der Waals surface area contributed by atoms with E-state index in [9.17, 15) is 14.9 Å². The summed E-state index contributed by atoms with van der Waals surface area (Å²) < 4.78 is 5.53. The molecule has 1 atom stereocenters. The van der Waals surface area contributed by atoms with Crippen LogP contribution in [0.2, 0.25) is 0 Å². The number of ether oxygens (including phenoxy) is 1. The summed E-state index contributed by atoms with van der Waals surface area (Å²) in [5.41, 5.74) is 6.08. The molecule has 0 amide bonds. The third-order valence-electron chi connectivity index (χ3n) is 4.22. The van der Waals surface area contributed by atoms with Crippen LogP contribution in [0.3, 0.4) is 0 Å². The van der Waals surface area contributed by atoms with Gasteiger partial charge in [0.1, 0.15) is 5.60 Å². The fraction of sp³-hybridized carbons (Fsp3) is 0.500. The average Bonchev–Trinajstić information content (AvgIpc) is 2.58. The largest absolute Gasteiger partial charge is 0.400 e. The Hall–Kier alpha value is -2.21. The molecule has 0 saturated carbocycles. The van der Waals surface area contributed by atoms with Gasteiger partial charge in [-0.1, -0.05) is 32.6 Å². The van der Waals surface area contributed by atoms with E-state index in [2.05, 4.69) is 6.92 Å². The van der Waals surface area contributed by atoms with Crippen molar-refractivity contribution in [3.05, 3.63) is 51.7 Å². The summed E-state index contributed by atoms with van der Waals surface area (Å²) in [6.45, 7) is 4.01. The number of methoxy groups -OCH3 is 1. The smallest absolute Gasteiger partial charge is 0.269 e. The van der Waals surface area contributed by atoms with Crippen molar-refractivity contribution in [3.63, 3.8) is 0 Å². The van der Waals surface area contributed by atoms with Gasteiger partial charge >= 0.3 is 0 Å². The minimum atomic E-state index is -0.690. The van der Waals surface area contributed by atoms with Gasteiger partial charge in [-0.3, -0.25) is 14.9 Å². The highest BCUT2D eigenvalue weighted by Gasteiger charge is 2.27. The van der Waals surface area contributed by atoms with Crippen LogP contribution in [-0.2, 0) is 4.74 Å². The molecule has 0 bridgehead atoms. The first-order valence-corrected chi connectivity index (χ1v) is 8.15. The van der Waals surface area contributed by atoms with E-state index in [4.69, 9.17) is 10.5 Å². The molecule has 132 valence electrons. The number of unbranched alkanes of at least 4 members (excludes halogenated alkanes) is 3. The fourth-order valence-electron chi connectivity index (χ4n) is 2.38. The number of ketones is 1. The summed E-state index contributed by atoms with van der Waals surface area (Å²) in [4.78, 5) is 22.4. The van der Waals surface area contributed by atoms with Gasteiger partial charge in [0.2, 0.25) is 0 Å². The Morgan fingerprint density at radius 3 is 2.42 bits per heavy atom. The van der Waals surface area contributed by atoms with Crippen LogP contribution >= 0.6 is 0 Å². The third-order valence-corrected chi connectivity index (χ3v) is 4.22. The maximum absolute atomic E-state index is 12.3. The molecule has 0 heterocycles. The van der Waals surface area contributed by atoms with E-state index >= 15 is 0 Å². The summed E-state index contributed by atoms with van der Waals surface area (Å²) in [6.07, 6.45) is 6.46. The fourth-order valence-corrected chi connectivity index (χ4v) is 2.38. The number of carbonyl (C=O) groups excluding carboxylic acids is 1. The van der Waals surface area contributed by atoms with E-state index in [1.807, 2.05) is 6.92 Å². The van der Waals surface area contributed by atoms with Gasteiger partial charge in [0, 0.05) is 36.6 Å². The van der Waals surface area contributed by atoms with Crippen molar-refractivity contribution in [2.45, 2.75) is 51.6 Å². The number of nitrogens with two attached hydrogens (primary N) is 1. The van der Waals surface area contributed by atoms with Gasteiger partial charge in [-0.15, -0.1) is 0 Å². The van der Waals surface area contributed by atoms with Crippen molar-refractivity contribution in [1.82, 2.24) is 0 Å². The topological polar surface area (TPSA) is 95.5 Å². The zero-order valence-electron chi connectivity index (χ0n) is 14.6. The van der Waals surface area contributed by atoms with Gasteiger partial charge in [-0.25, -0.2) is 0 Å². The Balaban J connectivity index is 2.83. The molecule has 0 aliphatic rings. The van der Waals surface area contributed by atoms with E-state index in [1.54, 1.807) is 7.11 Å². The number of nitrogens with zero attached hydrogens (tertiary/aromatic N) is 1. The first kappa shape index (κ1) is 19.8. The van der Waals surface area contributed by atoms with E-state index in [0.29, 0.717) is 11.3 Å². The van der Waals surface area contributed by atoms with Gasteiger partial charge in [0.05, 0.1) is 4.92 Å². The number of benzene rings is 1. The minimum absolute atomic E-state index is 0.0545. The maximum Gasteiger partial charge on any atom is 0.269 e. The number of nitro groups is 1. The molecule has 1 aromatic rings. The number of rotatable bonds is 10. The summed E-state index contributed by atoms with van der Waals surface area (Å²) in [7, 11) is 1.58. The van der Waals surface area contributed by atoms with E-state index in [0.717, 1.165) is 32.1 Å². The molecular weight excluding hydrogens is 308 g/mol. The molecule has 0 aromatic heterocycles. The second-order valence-electron chi connectivity index (χ2n) is 6.01. The molecular formula is C18H26N2O4. The summed E-state index contributed by atoms with van der Waals surface area (Å²) in [5.74, 6) is -0.292. The Kier molecular flexibility index (Phi) is 7.58. The van der Waals surface area contributed by atoms with Crippen LogP contribution in [0.1, 0.15) is 56.3 Å². The van der Waals surface area contributed by atoms with Crippen LogP contribution in [0.5, 0.6) is 0 Å². The number of carbonyl (C=O) groups is 1. The summed E-state index contributed by atoms with van der Waals surface area (Å²) in [6, 6.07) is 5.46. The zero-order chi connectivity index (χ0) is 18.2. The Bertz CT molecular complexity index is 596. The molecule has 24 heavy (non-hydrogen) atoms. The highest BCUT2D eigenvalue weighted by Crippen LogP contribution is 2.25. The lowest BCUT2D eigenvalue weighted by molar-refractivity contribution is -0.384. The van der Waals surface area contributed by atoms with Crippen molar-refractivity contribution in [2.24, 2.45) is 5.73 Å². The van der Waals surface area contributed by atoms with Gasteiger partial charge in [-0.2, -0.15) is 0 Å². The summed E-state index contributed by atoms with van der Waals surface area (Å²) in [5, 5.41) is 10.6. The monoisotopic (exact) mass is 334 g/mol. The van der Waals surface area contributed by atoms with Crippen molar-refractivity contribution in [3.8, 4) is 0 Å². The second kappa shape index (κ2) is 9.17. The lowest BCUT2D eigenvalue weighted by Gasteiger charge is -2.28. The van der Waals surface area contributed by atoms with Gasteiger partial charge in [0.15, 0.2) is 5.78 Å². The predicted octanol–water partition coefficient (Wildman–Crippen LogP) is 4.00. The molecule has 6 nitrogen and oxygen atoms in total. The first-order chi connectivity index (χ1) is 11.3. The number of allylic oxidation sites excluding steroid dienone is 1. The van der Waals surface area contributed by atoms with Crippen molar-refractivity contribution >= 4 is 11.5 Å². The molecule has 0 spiro atoms. The van der Waals surface area contributed by atoms with Crippen LogP contribution in [-0.4, -0.2) is 23.4 Å². The van der Waals surface area contributed by atoms with Crippen LogP contribution in [0.15, 0.2) is 36.0 Å². The summed E-state index contributed by atoms with van der Waals surface area (Å²) >= 11 is 0. The van der Waals surface area contributed by atoms with Gasteiger partial charge < -0.3 is 10.5 Å². The highest BCUT2D eigenvalue weighted by atomic mass is 16.6. The Labute approximate surface area is 142 Å². The molecule has 1 aromatic carbocycles. The molecule has 0 fully saturated rings. The van der Waals surface area contributed by atoms with Gasteiger partial charge in [-0.05, 0) is 25.5 Å². The lowest BCUT2D eigenvalue weighted by Crippen LogP contribution is -2.34. The quantitative estimate of drug-likeness (QED) is 0.229. The number of hydrogen-bond acceptors (Lipinski definition) is 5. The lowest BCUT2D eigenvalue weighted by atomic mass is 9.93. The molecule has 2 N–H and O–H groups in total. The van der Waals surface area contributed by atoms with Crippen molar-refractivity contribution in [2.75, 3.05) is 7.11 Å². The molecule has 1 unspecified atom stereocenters. The van der Waals surface area contributed by atoms with Crippen LogP contribution in [0.25, 0.3) is 0 Å². The molecule has 6 heteroatoms.